The van der Waals surface area contributed by atoms with Crippen molar-refractivity contribution in [3.63, 3.8) is 0 Å². The second kappa shape index (κ2) is 17.3. The minimum absolute atomic E-state index is 0.560. The van der Waals surface area contributed by atoms with Crippen LogP contribution in [0.25, 0.3) is 117 Å². The van der Waals surface area contributed by atoms with Crippen molar-refractivity contribution in [1.82, 2.24) is 19.5 Å². The molecule has 12 aromatic rings. The van der Waals surface area contributed by atoms with Crippen molar-refractivity contribution in [2.75, 3.05) is 0 Å². The third-order valence-corrected chi connectivity index (χ3v) is 12.7. The smallest absolute Gasteiger partial charge is 0.164 e. The highest BCUT2D eigenvalue weighted by atomic mass is 16.3. The van der Waals surface area contributed by atoms with E-state index in [1.54, 1.807) is 0 Å². The SMILES string of the molecule is C=C/C(=C\C=C\c1ccccc1)c1cc(-c2nc(-c3ccccc3)nc(-c3ccccc3)n2)cc(-c2ccc(-c3ccccc3)cc2)c1-n1c2ccccc2c2c3c(ccc21)oc1ccccc13. The lowest BCUT2D eigenvalue weighted by Gasteiger charge is -2.21. The first-order valence-corrected chi connectivity index (χ1v) is 22.8. The van der Waals surface area contributed by atoms with E-state index in [-0.39, 0.29) is 0 Å². The first-order chi connectivity index (χ1) is 33.7. The summed E-state index contributed by atoms with van der Waals surface area (Å²) in [5, 5.41) is 4.44. The zero-order valence-electron chi connectivity index (χ0n) is 37.0. The summed E-state index contributed by atoms with van der Waals surface area (Å²) >= 11 is 0. The normalized spacial score (nSPS) is 11.9. The van der Waals surface area contributed by atoms with Gasteiger partial charge in [-0.1, -0.05) is 213 Å². The van der Waals surface area contributed by atoms with Crippen LogP contribution in [-0.4, -0.2) is 19.5 Å². The Morgan fingerprint density at radius 3 is 1.65 bits per heavy atom. The van der Waals surface area contributed by atoms with E-state index in [0.717, 1.165) is 105 Å². The van der Waals surface area contributed by atoms with Gasteiger partial charge in [0.2, 0.25) is 0 Å². The number of hydrogen-bond donors (Lipinski definition) is 0. The molecule has 0 atom stereocenters. The molecular formula is C63H42N4O. The van der Waals surface area contributed by atoms with Gasteiger partial charge >= 0.3 is 0 Å². The molecule has 0 N–H and O–H groups in total. The lowest BCUT2D eigenvalue weighted by molar-refractivity contribution is 0.669. The van der Waals surface area contributed by atoms with E-state index in [1.165, 1.54) is 0 Å². The second-order valence-electron chi connectivity index (χ2n) is 16.8. The number of benzene rings is 9. The molecule has 5 nitrogen and oxygen atoms in total. The van der Waals surface area contributed by atoms with Crippen LogP contribution in [0.5, 0.6) is 0 Å². The predicted molar refractivity (Wildman–Crippen MR) is 282 cm³/mol. The minimum atomic E-state index is 0.560. The standard InChI is InChI=1S/C63H42N4O/c1-2-43(29-19-22-42-20-7-3-8-21-42)52-40-49(63-65-61(47-25-11-5-12-26-47)64-62(66-63)48-27-13-6-14-28-48)41-53(46-36-34-45(35-37-46)44-23-9-4-10-24-44)60(52)67-54-32-17-15-30-50(54)58-55(67)38-39-57-59(58)51-31-16-18-33-56(51)68-57/h2-41H,1H2/b22-19+,43-29+. The van der Waals surface area contributed by atoms with Crippen LogP contribution < -0.4 is 0 Å². The van der Waals surface area contributed by atoms with Gasteiger partial charge in [-0.25, -0.2) is 15.0 Å². The summed E-state index contributed by atoms with van der Waals surface area (Å²) in [6.45, 7) is 4.47. The Labute approximate surface area is 394 Å². The Balaban J connectivity index is 1.20. The fraction of sp³-hybridized carbons (Fsp3) is 0. The van der Waals surface area contributed by atoms with Gasteiger partial charge in [0.1, 0.15) is 11.2 Å². The molecule has 0 aliphatic rings. The van der Waals surface area contributed by atoms with Crippen LogP contribution in [0.1, 0.15) is 11.1 Å². The predicted octanol–water partition coefficient (Wildman–Crippen LogP) is 16.5. The molecule has 0 unspecified atom stereocenters. The van der Waals surface area contributed by atoms with Crippen molar-refractivity contribution in [2.45, 2.75) is 0 Å². The number of allylic oxidation sites excluding steroid dienone is 4. The molecule has 0 spiro atoms. The Kier molecular flexibility index (Phi) is 10.3. The maximum absolute atomic E-state index is 6.51. The van der Waals surface area contributed by atoms with Crippen LogP contribution in [-0.2, 0) is 0 Å². The molecule has 0 aliphatic carbocycles. The first kappa shape index (κ1) is 40.3. The summed E-state index contributed by atoms with van der Waals surface area (Å²) in [4.78, 5) is 15.6. The molecule has 320 valence electrons. The van der Waals surface area contributed by atoms with Gasteiger partial charge in [-0.15, -0.1) is 0 Å². The molecule has 0 bridgehead atoms. The first-order valence-electron chi connectivity index (χ1n) is 22.8. The van der Waals surface area contributed by atoms with E-state index in [2.05, 4.69) is 169 Å². The van der Waals surface area contributed by atoms with Gasteiger partial charge in [-0.3, -0.25) is 0 Å². The van der Waals surface area contributed by atoms with Crippen LogP contribution in [0.3, 0.4) is 0 Å². The number of hydrogen-bond acceptors (Lipinski definition) is 4. The fourth-order valence-corrected chi connectivity index (χ4v) is 9.47. The van der Waals surface area contributed by atoms with Crippen molar-refractivity contribution >= 4 is 55.4 Å². The summed E-state index contributed by atoms with van der Waals surface area (Å²) < 4.78 is 8.95. The van der Waals surface area contributed by atoms with Crippen molar-refractivity contribution in [2.24, 2.45) is 0 Å². The van der Waals surface area contributed by atoms with Gasteiger partial charge in [0, 0.05) is 49.4 Å². The summed E-state index contributed by atoms with van der Waals surface area (Å²) in [6.07, 6.45) is 8.34. The van der Waals surface area contributed by atoms with E-state index in [1.807, 2.05) is 84.9 Å². The highest BCUT2D eigenvalue weighted by Gasteiger charge is 2.25. The molecule has 5 heteroatoms. The van der Waals surface area contributed by atoms with Gasteiger partial charge in [0.05, 0.1) is 16.7 Å². The van der Waals surface area contributed by atoms with E-state index in [4.69, 9.17) is 19.4 Å². The Bertz CT molecular complexity index is 3830. The maximum Gasteiger partial charge on any atom is 0.164 e. The molecule has 68 heavy (non-hydrogen) atoms. The number of rotatable bonds is 10. The second-order valence-corrected chi connectivity index (χ2v) is 16.8. The lowest BCUT2D eigenvalue weighted by Crippen LogP contribution is -2.05. The van der Waals surface area contributed by atoms with E-state index >= 15 is 0 Å². The van der Waals surface area contributed by atoms with Crippen LogP contribution in [0.15, 0.2) is 248 Å². The molecule has 9 aromatic carbocycles. The molecule has 3 heterocycles. The van der Waals surface area contributed by atoms with Crippen LogP contribution in [0.2, 0.25) is 0 Å². The van der Waals surface area contributed by atoms with Crippen molar-refractivity contribution < 1.29 is 4.42 Å². The summed E-state index contributed by atoms with van der Waals surface area (Å²) in [7, 11) is 0. The molecule has 0 radical (unpaired) electrons. The highest BCUT2D eigenvalue weighted by molar-refractivity contribution is 6.27. The van der Waals surface area contributed by atoms with Gasteiger partial charge in [0.15, 0.2) is 17.5 Å². The fourth-order valence-electron chi connectivity index (χ4n) is 9.47. The molecule has 0 saturated heterocycles. The van der Waals surface area contributed by atoms with E-state index < -0.39 is 0 Å². The van der Waals surface area contributed by atoms with Crippen molar-refractivity contribution in [1.29, 1.82) is 0 Å². The van der Waals surface area contributed by atoms with Crippen molar-refractivity contribution in [3.8, 4) is 62.1 Å². The average Bonchev–Trinajstić information content (AvgIpc) is 3.96. The summed E-state index contributed by atoms with van der Waals surface area (Å²) in [6, 6.07) is 75.8. The number of para-hydroxylation sites is 2. The van der Waals surface area contributed by atoms with Crippen molar-refractivity contribution in [3.05, 3.63) is 254 Å². The monoisotopic (exact) mass is 870 g/mol. The Morgan fingerprint density at radius 2 is 0.985 bits per heavy atom. The molecule has 0 aliphatic heterocycles. The Morgan fingerprint density at radius 1 is 0.441 bits per heavy atom. The van der Waals surface area contributed by atoms with Crippen LogP contribution >= 0.6 is 0 Å². The molecule has 0 amide bonds. The topological polar surface area (TPSA) is 56.7 Å². The lowest BCUT2D eigenvalue weighted by atomic mass is 9.91. The van der Waals surface area contributed by atoms with Crippen LogP contribution in [0, 0.1) is 0 Å². The molecule has 12 rings (SSSR count). The van der Waals surface area contributed by atoms with Gasteiger partial charge < -0.3 is 8.98 Å². The number of nitrogens with zero attached hydrogens (tertiary/aromatic N) is 4. The number of aromatic nitrogens is 4. The number of furan rings is 1. The molecular weight excluding hydrogens is 829 g/mol. The molecule has 3 aromatic heterocycles. The largest absolute Gasteiger partial charge is 0.456 e. The van der Waals surface area contributed by atoms with E-state index in [0.29, 0.717) is 17.5 Å². The third-order valence-electron chi connectivity index (χ3n) is 12.7. The van der Waals surface area contributed by atoms with Gasteiger partial charge in [0.25, 0.3) is 0 Å². The maximum atomic E-state index is 6.51. The third kappa shape index (κ3) is 7.29. The van der Waals surface area contributed by atoms with E-state index in [9.17, 15) is 0 Å². The summed E-state index contributed by atoms with van der Waals surface area (Å²) in [5.41, 5.74) is 14.8. The van der Waals surface area contributed by atoms with Gasteiger partial charge in [-0.05, 0) is 64.2 Å². The molecule has 0 fully saturated rings. The van der Waals surface area contributed by atoms with Crippen LogP contribution in [0.4, 0.5) is 0 Å². The minimum Gasteiger partial charge on any atom is -0.456 e. The highest BCUT2D eigenvalue weighted by Crippen LogP contribution is 2.46. The summed E-state index contributed by atoms with van der Waals surface area (Å²) in [5.74, 6) is 1.75. The Hall–Kier alpha value is -9.19. The number of fused-ring (bicyclic) bond motifs is 7. The van der Waals surface area contributed by atoms with Gasteiger partial charge in [-0.2, -0.15) is 0 Å². The zero-order chi connectivity index (χ0) is 45.4. The molecule has 0 saturated carbocycles. The average molecular weight is 871 g/mol. The quantitative estimate of drug-likeness (QED) is 0.129. The zero-order valence-corrected chi connectivity index (χ0v) is 37.0.